The predicted molar refractivity (Wildman–Crippen MR) is 206 cm³/mol. The van der Waals surface area contributed by atoms with Crippen LogP contribution < -0.4 is 20.8 Å². The molecule has 0 aromatic heterocycles. The summed E-state index contributed by atoms with van der Waals surface area (Å²) >= 11 is 0. The summed E-state index contributed by atoms with van der Waals surface area (Å²) in [6, 6.07) is 64.3. The van der Waals surface area contributed by atoms with Crippen molar-refractivity contribution in [2.45, 2.75) is 25.9 Å². The Labute approximate surface area is 284 Å². The van der Waals surface area contributed by atoms with Gasteiger partial charge in [0.25, 0.3) is 0 Å². The van der Waals surface area contributed by atoms with Gasteiger partial charge in [-0.2, -0.15) is 0 Å². The first-order valence-electron chi connectivity index (χ1n) is 16.6. The van der Waals surface area contributed by atoms with Gasteiger partial charge >= 0.3 is 0 Å². The fourth-order valence-corrected chi connectivity index (χ4v) is 9.35. The number of hydrogen-bond acceptors (Lipinski definition) is 2. The highest BCUT2D eigenvalue weighted by Crippen LogP contribution is 2.47. The van der Waals surface area contributed by atoms with Crippen molar-refractivity contribution in [3.63, 3.8) is 0 Å². The minimum absolute atomic E-state index is 0.0304. The Morgan fingerprint density at radius 1 is 0.500 bits per heavy atom. The van der Waals surface area contributed by atoms with Crippen molar-refractivity contribution < 1.29 is 0 Å². The van der Waals surface area contributed by atoms with Gasteiger partial charge in [-0.25, -0.2) is 0 Å². The summed E-state index contributed by atoms with van der Waals surface area (Å²) in [6.45, 7) is 4.31. The number of benzene rings is 7. The molecule has 0 aliphatic carbocycles. The van der Waals surface area contributed by atoms with Crippen molar-refractivity contribution >= 4 is 46.1 Å². The zero-order valence-corrected chi connectivity index (χ0v) is 28.1. The third-order valence-electron chi connectivity index (χ3n) is 9.33. The molecule has 232 valence electrons. The number of fused-ring (bicyclic) bond motifs is 1. The lowest BCUT2D eigenvalue weighted by molar-refractivity contribution is 0.611. The molecule has 0 spiro atoms. The number of aliphatic imine (C=N–C) groups is 1. The van der Waals surface area contributed by atoms with Crippen molar-refractivity contribution in [1.82, 2.24) is 0 Å². The molecule has 7 aromatic carbocycles. The van der Waals surface area contributed by atoms with Gasteiger partial charge in [-0.3, -0.25) is 4.99 Å². The predicted octanol–water partition coefficient (Wildman–Crippen LogP) is 9.96. The van der Waals surface area contributed by atoms with Gasteiger partial charge in [-0.1, -0.05) is 175 Å². The van der Waals surface area contributed by atoms with Crippen LogP contribution in [0.25, 0.3) is 10.8 Å². The lowest BCUT2D eigenvalue weighted by Gasteiger charge is -2.33. The second kappa shape index (κ2) is 13.1. The number of amidine groups is 1. The van der Waals surface area contributed by atoms with Gasteiger partial charge in [-0.05, 0) is 71.7 Å². The normalized spacial score (nSPS) is 16.0. The Bertz CT molecular complexity index is 2170. The van der Waals surface area contributed by atoms with Gasteiger partial charge in [0.15, 0.2) is 0 Å². The largest absolute Gasteiger partial charge is 0.316 e. The fourth-order valence-electron chi connectivity index (χ4n) is 6.90. The van der Waals surface area contributed by atoms with E-state index in [1.165, 1.54) is 54.5 Å². The molecule has 2 atom stereocenters. The van der Waals surface area contributed by atoms with Crippen LogP contribution in [0.15, 0.2) is 181 Å². The minimum Gasteiger partial charge on any atom is -0.316 e. The van der Waals surface area contributed by atoms with Crippen LogP contribution in [-0.2, 0) is 0 Å². The van der Waals surface area contributed by atoms with E-state index in [4.69, 9.17) is 4.99 Å². The third-order valence-corrected chi connectivity index (χ3v) is 11.8. The molecular weight excluding hydrogens is 599 g/mol. The van der Waals surface area contributed by atoms with Crippen LogP contribution in [-0.4, -0.2) is 5.84 Å². The molecule has 1 heterocycles. The zero-order chi connectivity index (χ0) is 32.5. The molecule has 0 N–H and O–H groups in total. The molecule has 2 nitrogen and oxygen atoms in total. The van der Waals surface area contributed by atoms with E-state index in [9.17, 15) is 0 Å². The average Bonchev–Trinajstić information content (AvgIpc) is 3.54. The topological polar surface area (TPSA) is 15.6 Å². The molecule has 0 amide bonds. The van der Waals surface area contributed by atoms with Crippen LogP contribution in [0, 0.1) is 13.8 Å². The molecule has 1 aliphatic rings. The second-order valence-electron chi connectivity index (χ2n) is 12.6. The lowest BCUT2D eigenvalue weighted by Crippen LogP contribution is -2.35. The van der Waals surface area contributed by atoms with E-state index in [0.717, 1.165) is 11.5 Å². The Morgan fingerprint density at radius 3 is 1.69 bits per heavy atom. The molecule has 48 heavy (non-hydrogen) atoms. The first-order chi connectivity index (χ1) is 23.6. The SMILES string of the molecule is Cc1ccc([C@H]2N=C(c3ccccc3P(c3ccccc3)c3ccccc3)N(c3ccc4ccccc4c3)[C@@H]2c2ccc(C)cc2)cc1. The van der Waals surface area contributed by atoms with E-state index < -0.39 is 7.92 Å². The van der Waals surface area contributed by atoms with Gasteiger partial charge in [0.2, 0.25) is 0 Å². The quantitative estimate of drug-likeness (QED) is 0.159. The van der Waals surface area contributed by atoms with Crippen molar-refractivity contribution in [2.24, 2.45) is 4.99 Å². The fraction of sp³-hybridized carbons (Fsp3) is 0.0889. The summed E-state index contributed by atoms with van der Waals surface area (Å²) in [6.07, 6.45) is 0. The highest BCUT2D eigenvalue weighted by atomic mass is 31.1. The number of nitrogens with zero attached hydrogens (tertiary/aromatic N) is 2. The molecule has 3 heteroatoms. The first kappa shape index (κ1) is 30.1. The van der Waals surface area contributed by atoms with E-state index in [1.54, 1.807) is 0 Å². The third kappa shape index (κ3) is 5.74. The molecule has 0 fully saturated rings. The molecule has 7 aromatic rings. The number of rotatable bonds is 7. The summed E-state index contributed by atoms with van der Waals surface area (Å²) in [5.41, 5.74) is 7.30. The van der Waals surface area contributed by atoms with Crippen LogP contribution in [0.1, 0.15) is 39.9 Å². The van der Waals surface area contributed by atoms with Crippen molar-refractivity contribution in [3.05, 3.63) is 204 Å². The first-order valence-corrected chi connectivity index (χ1v) is 18.0. The zero-order valence-electron chi connectivity index (χ0n) is 27.2. The molecule has 0 saturated carbocycles. The van der Waals surface area contributed by atoms with Crippen molar-refractivity contribution in [2.75, 3.05) is 4.90 Å². The molecular formula is C45H37N2P. The lowest BCUT2D eigenvalue weighted by atomic mass is 9.92. The highest BCUT2D eigenvalue weighted by molar-refractivity contribution is 7.80. The Balaban J connectivity index is 1.39. The Kier molecular flexibility index (Phi) is 8.18. The van der Waals surface area contributed by atoms with Crippen LogP contribution in [0.5, 0.6) is 0 Å². The average molecular weight is 637 g/mol. The molecule has 8 rings (SSSR count). The molecule has 0 radical (unpaired) electrons. The van der Waals surface area contributed by atoms with Crippen LogP contribution in [0.3, 0.4) is 0 Å². The minimum atomic E-state index is -0.852. The van der Waals surface area contributed by atoms with Crippen molar-refractivity contribution in [1.29, 1.82) is 0 Å². The highest BCUT2D eigenvalue weighted by Gasteiger charge is 2.41. The van der Waals surface area contributed by atoms with E-state index in [-0.39, 0.29) is 12.1 Å². The summed E-state index contributed by atoms with van der Waals surface area (Å²) in [4.78, 5) is 8.28. The summed E-state index contributed by atoms with van der Waals surface area (Å²) in [5.74, 6) is 1.01. The van der Waals surface area contributed by atoms with Crippen LogP contribution >= 0.6 is 7.92 Å². The molecule has 1 aliphatic heterocycles. The Hall–Kier alpha value is -5.30. The number of aryl methyl sites for hydroxylation is 2. The second-order valence-corrected chi connectivity index (χ2v) is 14.8. The monoisotopic (exact) mass is 636 g/mol. The van der Waals surface area contributed by atoms with Gasteiger partial charge in [0, 0.05) is 11.3 Å². The van der Waals surface area contributed by atoms with Gasteiger partial charge in [-0.15, -0.1) is 0 Å². The number of anilines is 1. The van der Waals surface area contributed by atoms with E-state index >= 15 is 0 Å². The number of hydrogen-bond donors (Lipinski definition) is 0. The van der Waals surface area contributed by atoms with Gasteiger partial charge in [0.05, 0.1) is 6.04 Å². The standard InChI is InChI=1S/C45H37N2P/c1-32-21-25-35(26-22-32)43-44(36-27-23-33(2)24-28-36)47(38-30-29-34-13-9-10-14-37(34)31-38)45(46-43)41-19-11-12-20-42(41)48(39-15-5-3-6-16-39)40-17-7-4-8-18-40/h3-31,43-44H,1-2H3/t43-,44-/m1/s1. The molecule has 0 bridgehead atoms. The van der Waals surface area contributed by atoms with Crippen LogP contribution in [0.4, 0.5) is 5.69 Å². The maximum atomic E-state index is 5.76. The molecule has 0 unspecified atom stereocenters. The van der Waals surface area contributed by atoms with Gasteiger partial charge in [0.1, 0.15) is 11.9 Å². The van der Waals surface area contributed by atoms with Gasteiger partial charge < -0.3 is 4.90 Å². The molecule has 0 saturated heterocycles. The maximum absolute atomic E-state index is 5.76. The van der Waals surface area contributed by atoms with E-state index in [1.807, 2.05) is 0 Å². The summed E-state index contributed by atoms with van der Waals surface area (Å²) in [7, 11) is -0.852. The smallest absolute Gasteiger partial charge is 0.137 e. The summed E-state index contributed by atoms with van der Waals surface area (Å²) < 4.78 is 0. The van der Waals surface area contributed by atoms with Crippen LogP contribution in [0.2, 0.25) is 0 Å². The van der Waals surface area contributed by atoms with E-state index in [0.29, 0.717) is 0 Å². The maximum Gasteiger partial charge on any atom is 0.137 e. The Morgan fingerprint density at radius 2 is 1.04 bits per heavy atom. The van der Waals surface area contributed by atoms with E-state index in [2.05, 4.69) is 195 Å². The summed E-state index contributed by atoms with van der Waals surface area (Å²) in [5, 5.41) is 6.42. The van der Waals surface area contributed by atoms with Crippen molar-refractivity contribution in [3.8, 4) is 0 Å².